The fourth-order valence-electron chi connectivity index (χ4n) is 2.27. The van der Waals surface area contributed by atoms with Gasteiger partial charge < -0.3 is 21.1 Å². The van der Waals surface area contributed by atoms with E-state index in [4.69, 9.17) is 10.5 Å². The molecule has 2 amide bonds. The maximum Gasteiger partial charge on any atom is 0.243 e. The maximum atomic E-state index is 11.6. The number of hydrogen-bond acceptors (Lipinski definition) is 4. The van der Waals surface area contributed by atoms with Crippen LogP contribution in [-0.4, -0.2) is 31.0 Å². The minimum atomic E-state index is -0.356. The quantitative estimate of drug-likeness (QED) is 0.737. The molecule has 1 aliphatic carbocycles. The van der Waals surface area contributed by atoms with Crippen molar-refractivity contribution >= 4 is 29.9 Å². The molecular formula is C15H22ClN3O3. The van der Waals surface area contributed by atoms with Gasteiger partial charge in [0, 0.05) is 5.69 Å². The van der Waals surface area contributed by atoms with Crippen LogP contribution in [0.2, 0.25) is 0 Å². The van der Waals surface area contributed by atoms with E-state index in [0.29, 0.717) is 11.8 Å². The summed E-state index contributed by atoms with van der Waals surface area (Å²) in [6, 6.07) is 7.25. The summed E-state index contributed by atoms with van der Waals surface area (Å²) in [5, 5.41) is 5.10. The second-order valence-corrected chi connectivity index (χ2v) is 5.08. The first-order valence-electron chi connectivity index (χ1n) is 7.20. The van der Waals surface area contributed by atoms with E-state index in [0.717, 1.165) is 18.6 Å². The van der Waals surface area contributed by atoms with Crippen molar-refractivity contribution < 1.29 is 14.3 Å². The topological polar surface area (TPSA) is 93.5 Å². The highest BCUT2D eigenvalue weighted by Gasteiger charge is 2.16. The van der Waals surface area contributed by atoms with Crippen molar-refractivity contribution in [2.24, 2.45) is 5.73 Å². The maximum absolute atomic E-state index is 11.6. The van der Waals surface area contributed by atoms with Crippen LogP contribution in [0.15, 0.2) is 24.3 Å². The number of amides is 2. The Balaban J connectivity index is 0.00000242. The standard InChI is InChI=1S/C15H21N3O3.ClH/c16-9-14(19)17-10-15(20)18-11-5-7-13(8-6-11)21-12-3-1-2-4-12;/h5-8,12H,1-4,9-10,16H2,(H,17,19)(H,18,20);1H. The molecule has 1 fully saturated rings. The number of ether oxygens (including phenoxy) is 1. The van der Waals surface area contributed by atoms with Crippen LogP contribution in [0, 0.1) is 0 Å². The molecule has 1 aliphatic rings. The Bertz CT molecular complexity index is 487. The van der Waals surface area contributed by atoms with E-state index in [1.165, 1.54) is 12.8 Å². The number of rotatable bonds is 6. The van der Waals surface area contributed by atoms with Crippen LogP contribution >= 0.6 is 12.4 Å². The van der Waals surface area contributed by atoms with E-state index >= 15 is 0 Å². The van der Waals surface area contributed by atoms with Crippen LogP contribution < -0.4 is 21.1 Å². The molecule has 22 heavy (non-hydrogen) atoms. The molecule has 7 heteroatoms. The zero-order valence-electron chi connectivity index (χ0n) is 12.3. The van der Waals surface area contributed by atoms with Gasteiger partial charge in [-0.25, -0.2) is 0 Å². The van der Waals surface area contributed by atoms with Crippen molar-refractivity contribution in [3.8, 4) is 5.75 Å². The molecule has 0 atom stereocenters. The van der Waals surface area contributed by atoms with Crippen LogP contribution in [-0.2, 0) is 9.59 Å². The van der Waals surface area contributed by atoms with Gasteiger partial charge >= 0.3 is 0 Å². The molecule has 0 aliphatic heterocycles. The molecule has 0 radical (unpaired) electrons. The summed E-state index contributed by atoms with van der Waals surface area (Å²) in [5.41, 5.74) is 5.80. The largest absolute Gasteiger partial charge is 0.490 e. The van der Waals surface area contributed by atoms with Crippen LogP contribution in [0.1, 0.15) is 25.7 Å². The first-order chi connectivity index (χ1) is 10.2. The van der Waals surface area contributed by atoms with Crippen molar-refractivity contribution in [2.75, 3.05) is 18.4 Å². The van der Waals surface area contributed by atoms with E-state index in [2.05, 4.69) is 10.6 Å². The van der Waals surface area contributed by atoms with Crippen molar-refractivity contribution in [1.82, 2.24) is 5.32 Å². The third-order valence-corrected chi connectivity index (χ3v) is 3.37. The second-order valence-electron chi connectivity index (χ2n) is 5.08. The second kappa shape index (κ2) is 9.27. The predicted molar refractivity (Wildman–Crippen MR) is 87.3 cm³/mol. The van der Waals surface area contributed by atoms with Gasteiger partial charge in [0.25, 0.3) is 0 Å². The summed E-state index contributed by atoms with van der Waals surface area (Å²) in [5.74, 6) is 0.169. The molecule has 0 heterocycles. The average Bonchev–Trinajstić information content (AvgIpc) is 3.00. The zero-order chi connectivity index (χ0) is 15.1. The highest BCUT2D eigenvalue weighted by molar-refractivity contribution is 5.94. The van der Waals surface area contributed by atoms with Crippen molar-refractivity contribution in [3.63, 3.8) is 0 Å². The lowest BCUT2D eigenvalue weighted by atomic mass is 10.2. The van der Waals surface area contributed by atoms with E-state index in [-0.39, 0.29) is 37.3 Å². The van der Waals surface area contributed by atoms with Gasteiger partial charge in [-0.2, -0.15) is 0 Å². The fourth-order valence-corrected chi connectivity index (χ4v) is 2.27. The third-order valence-electron chi connectivity index (χ3n) is 3.37. The molecule has 2 rings (SSSR count). The number of anilines is 1. The minimum Gasteiger partial charge on any atom is -0.490 e. The number of nitrogens with one attached hydrogen (secondary N) is 2. The summed E-state index contributed by atoms with van der Waals surface area (Å²) < 4.78 is 5.85. The first kappa shape index (κ1) is 18.3. The molecule has 4 N–H and O–H groups in total. The fraction of sp³-hybridized carbons (Fsp3) is 0.467. The molecule has 0 bridgehead atoms. The average molecular weight is 328 g/mol. The number of carbonyl (C=O) groups excluding carboxylic acids is 2. The number of hydrogen-bond donors (Lipinski definition) is 3. The summed E-state index contributed by atoms with van der Waals surface area (Å²) in [6.45, 7) is -0.211. The van der Waals surface area contributed by atoms with Gasteiger partial charge in [0.2, 0.25) is 11.8 Å². The Labute approximate surface area is 136 Å². The smallest absolute Gasteiger partial charge is 0.243 e. The molecule has 1 saturated carbocycles. The summed E-state index contributed by atoms with van der Waals surface area (Å²) >= 11 is 0. The highest BCUT2D eigenvalue weighted by Crippen LogP contribution is 2.24. The van der Waals surface area contributed by atoms with E-state index < -0.39 is 0 Å². The number of halogens is 1. The Morgan fingerprint density at radius 3 is 2.36 bits per heavy atom. The molecule has 1 aromatic rings. The van der Waals surface area contributed by atoms with Crippen LogP contribution in [0.3, 0.4) is 0 Å². The summed E-state index contributed by atoms with van der Waals surface area (Å²) in [7, 11) is 0. The molecule has 0 saturated heterocycles. The van der Waals surface area contributed by atoms with Crippen LogP contribution in [0.25, 0.3) is 0 Å². The Hall–Kier alpha value is -1.79. The lowest BCUT2D eigenvalue weighted by molar-refractivity contribution is -0.123. The molecule has 122 valence electrons. The predicted octanol–water partition coefficient (Wildman–Crippen LogP) is 1.44. The Morgan fingerprint density at radius 2 is 1.77 bits per heavy atom. The zero-order valence-corrected chi connectivity index (χ0v) is 13.2. The molecule has 0 aromatic heterocycles. The Kier molecular flexibility index (Phi) is 7.70. The van der Waals surface area contributed by atoms with E-state index in [1.54, 1.807) is 12.1 Å². The van der Waals surface area contributed by atoms with Crippen LogP contribution in [0.5, 0.6) is 5.75 Å². The normalized spacial score (nSPS) is 14.0. The third kappa shape index (κ3) is 5.91. The minimum absolute atomic E-state index is 0. The van der Waals surface area contributed by atoms with E-state index in [9.17, 15) is 9.59 Å². The van der Waals surface area contributed by atoms with Crippen LogP contribution in [0.4, 0.5) is 5.69 Å². The van der Waals surface area contributed by atoms with Gasteiger partial charge in [-0.3, -0.25) is 9.59 Å². The monoisotopic (exact) mass is 327 g/mol. The van der Waals surface area contributed by atoms with Gasteiger partial charge in [-0.05, 0) is 49.9 Å². The number of carbonyl (C=O) groups is 2. The summed E-state index contributed by atoms with van der Waals surface area (Å²) in [6.07, 6.45) is 5.00. The lowest BCUT2D eigenvalue weighted by Gasteiger charge is -2.13. The molecular weight excluding hydrogens is 306 g/mol. The highest BCUT2D eigenvalue weighted by atomic mass is 35.5. The summed E-state index contributed by atoms with van der Waals surface area (Å²) in [4.78, 5) is 22.5. The number of benzene rings is 1. The first-order valence-corrected chi connectivity index (χ1v) is 7.20. The number of nitrogens with two attached hydrogens (primary N) is 1. The van der Waals surface area contributed by atoms with Crippen molar-refractivity contribution in [1.29, 1.82) is 0 Å². The van der Waals surface area contributed by atoms with Gasteiger partial charge in [0.05, 0.1) is 19.2 Å². The Morgan fingerprint density at radius 1 is 1.14 bits per heavy atom. The van der Waals surface area contributed by atoms with Gasteiger partial charge in [0.15, 0.2) is 0 Å². The SMILES string of the molecule is Cl.NCC(=O)NCC(=O)Nc1ccc(OC2CCCC2)cc1. The van der Waals surface area contributed by atoms with Crippen molar-refractivity contribution in [2.45, 2.75) is 31.8 Å². The molecule has 0 unspecified atom stereocenters. The van der Waals surface area contributed by atoms with Gasteiger partial charge in [0.1, 0.15) is 5.75 Å². The van der Waals surface area contributed by atoms with Crippen molar-refractivity contribution in [3.05, 3.63) is 24.3 Å². The van der Waals surface area contributed by atoms with Gasteiger partial charge in [-0.15, -0.1) is 12.4 Å². The molecule has 6 nitrogen and oxygen atoms in total. The molecule has 0 spiro atoms. The lowest BCUT2D eigenvalue weighted by Crippen LogP contribution is -2.36. The van der Waals surface area contributed by atoms with Gasteiger partial charge in [-0.1, -0.05) is 0 Å². The molecule has 1 aromatic carbocycles. The van der Waals surface area contributed by atoms with E-state index in [1.807, 2.05) is 12.1 Å².